The molecular weight excluding hydrogens is 276 g/mol. The predicted molar refractivity (Wildman–Crippen MR) is 92.6 cm³/mol. The largest absolute Gasteiger partial charge is 0.355 e. The topological polar surface area (TPSA) is 47.0 Å². The van der Waals surface area contributed by atoms with Gasteiger partial charge in [0.05, 0.1) is 0 Å². The Morgan fingerprint density at radius 2 is 2.09 bits per heavy atom. The molecule has 122 valence electrons. The number of likely N-dealkylation sites (N-methyl/N-ethyl adjacent to an activating group) is 1. The average molecular weight is 304 g/mol. The van der Waals surface area contributed by atoms with Gasteiger partial charge in [-0.1, -0.05) is 13.0 Å². The molecule has 1 saturated heterocycles. The normalized spacial score (nSPS) is 16.3. The highest BCUT2D eigenvalue weighted by Gasteiger charge is 2.20. The monoisotopic (exact) mass is 304 g/mol. The van der Waals surface area contributed by atoms with Crippen LogP contribution >= 0.6 is 0 Å². The van der Waals surface area contributed by atoms with Gasteiger partial charge in [0, 0.05) is 52.5 Å². The molecule has 1 aromatic rings. The maximum Gasteiger partial charge on any atom is 0.193 e. The molecule has 0 spiro atoms. The van der Waals surface area contributed by atoms with E-state index in [1.807, 2.05) is 25.4 Å². The molecule has 0 bridgehead atoms. The van der Waals surface area contributed by atoms with Crippen molar-refractivity contribution in [3.63, 3.8) is 0 Å². The van der Waals surface area contributed by atoms with Crippen molar-refractivity contribution in [2.24, 2.45) is 4.99 Å². The lowest BCUT2D eigenvalue weighted by Gasteiger charge is -2.37. The van der Waals surface area contributed by atoms with Crippen molar-refractivity contribution >= 4 is 11.8 Å². The van der Waals surface area contributed by atoms with Crippen LogP contribution in [-0.2, 0) is 0 Å². The number of hydrogen-bond donors (Lipinski definition) is 1. The summed E-state index contributed by atoms with van der Waals surface area (Å²) in [5, 5.41) is 3.46. The highest BCUT2D eigenvalue weighted by molar-refractivity contribution is 5.80. The van der Waals surface area contributed by atoms with Gasteiger partial charge >= 0.3 is 0 Å². The summed E-state index contributed by atoms with van der Waals surface area (Å²) < 4.78 is 0. The average Bonchev–Trinajstić information content (AvgIpc) is 2.59. The van der Waals surface area contributed by atoms with Gasteiger partial charge in [0.1, 0.15) is 5.82 Å². The Balaban J connectivity index is 1.79. The van der Waals surface area contributed by atoms with Crippen LogP contribution in [0.4, 0.5) is 5.82 Å². The number of pyridine rings is 1. The molecule has 2 heterocycles. The van der Waals surface area contributed by atoms with Crippen LogP contribution in [0.3, 0.4) is 0 Å². The van der Waals surface area contributed by atoms with E-state index < -0.39 is 0 Å². The molecule has 1 N–H and O–H groups in total. The summed E-state index contributed by atoms with van der Waals surface area (Å²) in [7, 11) is 3.99. The fraction of sp³-hybridized carbons (Fsp3) is 0.625. The number of aliphatic imine (C=N–C) groups is 1. The van der Waals surface area contributed by atoms with Gasteiger partial charge in [-0.25, -0.2) is 4.98 Å². The first-order chi connectivity index (χ1) is 10.7. The lowest BCUT2D eigenvalue weighted by Crippen LogP contribution is -2.53. The van der Waals surface area contributed by atoms with Gasteiger partial charge in [-0.05, 0) is 25.7 Å². The highest BCUT2D eigenvalue weighted by atomic mass is 15.4. The Morgan fingerprint density at radius 1 is 1.32 bits per heavy atom. The third-order valence-corrected chi connectivity index (χ3v) is 4.08. The van der Waals surface area contributed by atoms with E-state index in [-0.39, 0.29) is 0 Å². The molecule has 0 atom stereocenters. The lowest BCUT2D eigenvalue weighted by molar-refractivity contribution is 0.343. The van der Waals surface area contributed by atoms with Crippen molar-refractivity contribution < 1.29 is 0 Å². The van der Waals surface area contributed by atoms with Crippen LogP contribution in [0.15, 0.2) is 29.4 Å². The summed E-state index contributed by atoms with van der Waals surface area (Å²) in [6.45, 7) is 9.11. The van der Waals surface area contributed by atoms with E-state index in [1.54, 1.807) is 0 Å². The summed E-state index contributed by atoms with van der Waals surface area (Å²) in [6.07, 6.45) is 1.85. The molecule has 0 radical (unpaired) electrons. The van der Waals surface area contributed by atoms with Gasteiger partial charge in [-0.2, -0.15) is 0 Å². The SMILES string of the molecule is CCN(C)CCNC(=NC)N1CCN(c2ccccn2)CC1. The van der Waals surface area contributed by atoms with E-state index in [9.17, 15) is 0 Å². The maximum absolute atomic E-state index is 4.43. The van der Waals surface area contributed by atoms with Gasteiger partial charge in [-0.15, -0.1) is 0 Å². The third kappa shape index (κ3) is 4.59. The molecule has 6 nitrogen and oxygen atoms in total. The summed E-state index contributed by atoms with van der Waals surface area (Å²) in [4.78, 5) is 15.8. The molecule has 0 aliphatic carbocycles. The van der Waals surface area contributed by atoms with Crippen molar-refractivity contribution in [3.05, 3.63) is 24.4 Å². The fourth-order valence-electron chi connectivity index (χ4n) is 2.54. The number of aromatic nitrogens is 1. The molecule has 1 aromatic heterocycles. The molecule has 0 amide bonds. The standard InChI is InChI=1S/C16H28N6/c1-4-20(3)10-9-19-16(17-2)22-13-11-21(12-14-22)15-7-5-6-8-18-15/h5-8H,4,9-14H2,1-3H3,(H,17,19). The van der Waals surface area contributed by atoms with E-state index in [0.29, 0.717) is 0 Å². The summed E-state index contributed by atoms with van der Waals surface area (Å²) in [6, 6.07) is 6.07. The van der Waals surface area contributed by atoms with E-state index in [2.05, 4.69) is 50.0 Å². The molecule has 22 heavy (non-hydrogen) atoms. The zero-order valence-electron chi connectivity index (χ0n) is 14.0. The van der Waals surface area contributed by atoms with Crippen LogP contribution in [0.25, 0.3) is 0 Å². The van der Waals surface area contributed by atoms with Crippen molar-refractivity contribution in [2.75, 3.05) is 64.8 Å². The first-order valence-corrected chi connectivity index (χ1v) is 8.04. The van der Waals surface area contributed by atoms with Crippen LogP contribution in [0.5, 0.6) is 0 Å². The number of guanidine groups is 1. The number of rotatable bonds is 5. The quantitative estimate of drug-likeness (QED) is 0.642. The van der Waals surface area contributed by atoms with Crippen molar-refractivity contribution in [2.45, 2.75) is 6.92 Å². The van der Waals surface area contributed by atoms with E-state index in [1.165, 1.54) is 0 Å². The fourth-order valence-corrected chi connectivity index (χ4v) is 2.54. The van der Waals surface area contributed by atoms with E-state index in [4.69, 9.17) is 0 Å². The molecule has 1 aliphatic heterocycles. The Morgan fingerprint density at radius 3 is 2.68 bits per heavy atom. The van der Waals surface area contributed by atoms with Gasteiger partial charge in [0.2, 0.25) is 0 Å². The smallest absolute Gasteiger partial charge is 0.193 e. The van der Waals surface area contributed by atoms with Crippen molar-refractivity contribution in [3.8, 4) is 0 Å². The number of anilines is 1. The van der Waals surface area contributed by atoms with E-state index in [0.717, 1.165) is 57.6 Å². The zero-order chi connectivity index (χ0) is 15.8. The van der Waals surface area contributed by atoms with Crippen LogP contribution in [0.1, 0.15) is 6.92 Å². The molecule has 0 saturated carbocycles. The zero-order valence-corrected chi connectivity index (χ0v) is 14.0. The summed E-state index contributed by atoms with van der Waals surface area (Å²) >= 11 is 0. The molecular formula is C16H28N6. The number of piperazine rings is 1. The second kappa shape index (κ2) is 8.58. The summed E-state index contributed by atoms with van der Waals surface area (Å²) in [5.74, 6) is 2.07. The Hall–Kier alpha value is -1.82. The molecule has 2 rings (SSSR count). The second-order valence-electron chi connectivity index (χ2n) is 5.53. The van der Waals surface area contributed by atoms with Crippen molar-refractivity contribution in [1.29, 1.82) is 0 Å². The van der Waals surface area contributed by atoms with Crippen molar-refractivity contribution in [1.82, 2.24) is 20.1 Å². The van der Waals surface area contributed by atoms with Gasteiger partial charge in [0.15, 0.2) is 5.96 Å². The molecule has 1 aliphatic rings. The highest BCUT2D eigenvalue weighted by Crippen LogP contribution is 2.12. The molecule has 6 heteroatoms. The number of hydrogen-bond acceptors (Lipinski definition) is 4. The minimum atomic E-state index is 0.928. The molecule has 0 unspecified atom stereocenters. The minimum absolute atomic E-state index is 0.928. The second-order valence-corrected chi connectivity index (χ2v) is 5.53. The van der Waals surface area contributed by atoms with Crippen LogP contribution in [0.2, 0.25) is 0 Å². The van der Waals surface area contributed by atoms with Crippen LogP contribution < -0.4 is 10.2 Å². The first-order valence-electron chi connectivity index (χ1n) is 8.04. The Bertz CT molecular complexity index is 453. The van der Waals surface area contributed by atoms with Crippen LogP contribution in [0, 0.1) is 0 Å². The number of nitrogens with one attached hydrogen (secondary N) is 1. The van der Waals surface area contributed by atoms with E-state index >= 15 is 0 Å². The lowest BCUT2D eigenvalue weighted by atomic mass is 10.3. The Kier molecular flexibility index (Phi) is 6.45. The third-order valence-electron chi connectivity index (χ3n) is 4.08. The van der Waals surface area contributed by atoms with Gasteiger partial charge in [0.25, 0.3) is 0 Å². The van der Waals surface area contributed by atoms with Crippen LogP contribution in [-0.4, -0.2) is 80.7 Å². The van der Waals surface area contributed by atoms with Gasteiger partial charge < -0.3 is 20.0 Å². The maximum atomic E-state index is 4.43. The first kappa shape index (κ1) is 16.5. The Labute approximate surface area is 133 Å². The minimum Gasteiger partial charge on any atom is -0.355 e. The molecule has 1 fully saturated rings. The van der Waals surface area contributed by atoms with Gasteiger partial charge in [-0.3, -0.25) is 4.99 Å². The molecule has 0 aromatic carbocycles. The summed E-state index contributed by atoms with van der Waals surface area (Å²) in [5.41, 5.74) is 0. The predicted octanol–water partition coefficient (Wildman–Crippen LogP) is 0.731. The number of nitrogens with zero attached hydrogens (tertiary/aromatic N) is 5.